The van der Waals surface area contributed by atoms with Crippen molar-refractivity contribution in [2.24, 2.45) is 0 Å². The van der Waals surface area contributed by atoms with Crippen molar-refractivity contribution in [2.75, 3.05) is 13.3 Å². The second-order valence-electron chi connectivity index (χ2n) is 3.59. The number of hydrogen-bond acceptors (Lipinski definition) is 3. The van der Waals surface area contributed by atoms with Gasteiger partial charge in [-0.25, -0.2) is 8.42 Å². The van der Waals surface area contributed by atoms with Crippen molar-refractivity contribution >= 4 is 9.84 Å². The molecular formula is C11H17NO2S. The van der Waals surface area contributed by atoms with E-state index in [1.807, 2.05) is 13.1 Å². The zero-order valence-electron chi connectivity index (χ0n) is 9.32. The number of hydrogen-bond donors (Lipinski definition) is 1. The van der Waals surface area contributed by atoms with E-state index in [1.165, 1.54) is 6.26 Å². The Labute approximate surface area is 91.4 Å². The Morgan fingerprint density at radius 3 is 2.53 bits per heavy atom. The fraction of sp³-hybridized carbons (Fsp3) is 0.455. The largest absolute Gasteiger partial charge is 0.313 e. The van der Waals surface area contributed by atoms with Gasteiger partial charge >= 0.3 is 0 Å². The van der Waals surface area contributed by atoms with Crippen LogP contribution in [0, 0.1) is 0 Å². The zero-order valence-corrected chi connectivity index (χ0v) is 10.1. The quantitative estimate of drug-likeness (QED) is 0.852. The maximum atomic E-state index is 11.4. The molecule has 0 aliphatic rings. The third-order valence-electron chi connectivity index (χ3n) is 2.45. The molecule has 15 heavy (non-hydrogen) atoms. The van der Waals surface area contributed by atoms with Gasteiger partial charge in [0.2, 0.25) is 0 Å². The topological polar surface area (TPSA) is 46.2 Å². The second kappa shape index (κ2) is 4.77. The normalized spacial score (nSPS) is 13.8. The molecule has 0 fully saturated rings. The molecule has 0 aromatic heterocycles. The molecule has 0 amide bonds. The lowest BCUT2D eigenvalue weighted by Crippen LogP contribution is -2.15. The van der Waals surface area contributed by atoms with Gasteiger partial charge in [-0.05, 0) is 31.2 Å². The Balaban J connectivity index is 3.13. The van der Waals surface area contributed by atoms with Crippen LogP contribution in [0.15, 0.2) is 29.2 Å². The van der Waals surface area contributed by atoms with Crippen LogP contribution in [-0.2, 0) is 9.84 Å². The predicted molar refractivity (Wildman–Crippen MR) is 61.6 cm³/mol. The predicted octanol–water partition coefficient (Wildman–Crippen LogP) is 1.76. The van der Waals surface area contributed by atoms with E-state index in [2.05, 4.69) is 12.2 Å². The lowest BCUT2D eigenvalue weighted by Gasteiger charge is -2.14. The lowest BCUT2D eigenvalue weighted by molar-refractivity contribution is 0.574. The van der Waals surface area contributed by atoms with E-state index in [-0.39, 0.29) is 6.04 Å². The van der Waals surface area contributed by atoms with Gasteiger partial charge in [0, 0.05) is 12.3 Å². The first-order chi connectivity index (χ1) is 6.99. The highest BCUT2D eigenvalue weighted by molar-refractivity contribution is 7.90. The van der Waals surface area contributed by atoms with Gasteiger partial charge in [0.15, 0.2) is 9.84 Å². The van der Waals surface area contributed by atoms with Crippen LogP contribution in [0.25, 0.3) is 0 Å². The van der Waals surface area contributed by atoms with Crippen LogP contribution >= 0.6 is 0 Å². The standard InChI is InChI=1S/C11H17NO2S/c1-4-11(12-2)9-6-5-7-10(8-9)15(3,13)14/h5-8,11-12H,4H2,1-3H3. The molecule has 4 heteroatoms. The Kier molecular flexibility index (Phi) is 3.88. The summed E-state index contributed by atoms with van der Waals surface area (Å²) < 4.78 is 22.7. The fourth-order valence-electron chi connectivity index (χ4n) is 1.57. The summed E-state index contributed by atoms with van der Waals surface area (Å²) in [4.78, 5) is 0.383. The Hall–Kier alpha value is -0.870. The minimum atomic E-state index is -3.10. The van der Waals surface area contributed by atoms with Crippen LogP contribution < -0.4 is 5.32 Å². The SMILES string of the molecule is CCC(NC)c1cccc(S(C)(=O)=O)c1. The smallest absolute Gasteiger partial charge is 0.175 e. The van der Waals surface area contributed by atoms with Gasteiger partial charge in [0.05, 0.1) is 4.90 Å². The van der Waals surface area contributed by atoms with Crippen molar-refractivity contribution in [1.29, 1.82) is 0 Å². The second-order valence-corrected chi connectivity index (χ2v) is 5.61. The first-order valence-electron chi connectivity index (χ1n) is 4.96. The number of sulfone groups is 1. The minimum absolute atomic E-state index is 0.215. The molecule has 0 aliphatic heterocycles. The van der Waals surface area contributed by atoms with Gasteiger partial charge in [0.1, 0.15) is 0 Å². The van der Waals surface area contributed by atoms with E-state index < -0.39 is 9.84 Å². The third-order valence-corrected chi connectivity index (χ3v) is 3.56. The highest BCUT2D eigenvalue weighted by Gasteiger charge is 2.11. The van der Waals surface area contributed by atoms with Crippen LogP contribution in [0.5, 0.6) is 0 Å². The first-order valence-corrected chi connectivity index (χ1v) is 6.85. The lowest BCUT2D eigenvalue weighted by atomic mass is 10.1. The molecule has 1 atom stereocenters. The highest BCUT2D eigenvalue weighted by Crippen LogP contribution is 2.19. The molecule has 1 N–H and O–H groups in total. The van der Waals surface area contributed by atoms with E-state index in [0.717, 1.165) is 12.0 Å². The summed E-state index contributed by atoms with van der Waals surface area (Å²) in [5.74, 6) is 0. The highest BCUT2D eigenvalue weighted by atomic mass is 32.2. The third kappa shape index (κ3) is 3.04. The summed E-state index contributed by atoms with van der Waals surface area (Å²) in [5.41, 5.74) is 1.02. The Morgan fingerprint density at radius 2 is 2.07 bits per heavy atom. The Morgan fingerprint density at radius 1 is 1.40 bits per heavy atom. The molecule has 0 bridgehead atoms. The van der Waals surface area contributed by atoms with Gasteiger partial charge in [-0.2, -0.15) is 0 Å². The fourth-order valence-corrected chi connectivity index (χ4v) is 2.24. The van der Waals surface area contributed by atoms with Gasteiger partial charge in [-0.15, -0.1) is 0 Å². The molecule has 1 aromatic rings. The molecule has 0 saturated heterocycles. The Bertz CT molecular complexity index is 422. The van der Waals surface area contributed by atoms with Gasteiger partial charge in [-0.3, -0.25) is 0 Å². The van der Waals surface area contributed by atoms with Crippen LogP contribution in [-0.4, -0.2) is 21.7 Å². The first kappa shape index (κ1) is 12.2. The molecule has 0 spiro atoms. The number of nitrogens with one attached hydrogen (secondary N) is 1. The maximum Gasteiger partial charge on any atom is 0.175 e. The molecule has 1 unspecified atom stereocenters. The van der Waals surface area contributed by atoms with Gasteiger partial charge in [0.25, 0.3) is 0 Å². The average Bonchev–Trinajstić information content (AvgIpc) is 2.19. The molecule has 1 rings (SSSR count). The molecule has 1 aromatic carbocycles. The van der Waals surface area contributed by atoms with Crippen molar-refractivity contribution in [1.82, 2.24) is 5.32 Å². The number of rotatable bonds is 4. The molecule has 0 radical (unpaired) electrons. The van der Waals surface area contributed by atoms with Crippen molar-refractivity contribution in [2.45, 2.75) is 24.3 Å². The monoisotopic (exact) mass is 227 g/mol. The molecule has 3 nitrogen and oxygen atoms in total. The van der Waals surface area contributed by atoms with Crippen molar-refractivity contribution < 1.29 is 8.42 Å². The molecule has 0 saturated carbocycles. The summed E-state index contributed by atoms with van der Waals surface area (Å²) in [5, 5.41) is 3.15. The van der Waals surface area contributed by atoms with E-state index in [0.29, 0.717) is 4.90 Å². The van der Waals surface area contributed by atoms with E-state index in [9.17, 15) is 8.42 Å². The zero-order chi connectivity index (χ0) is 11.5. The molecular weight excluding hydrogens is 210 g/mol. The van der Waals surface area contributed by atoms with Crippen molar-refractivity contribution in [3.8, 4) is 0 Å². The average molecular weight is 227 g/mol. The summed E-state index contributed by atoms with van der Waals surface area (Å²) in [6.45, 7) is 2.06. The van der Waals surface area contributed by atoms with Crippen molar-refractivity contribution in [3.05, 3.63) is 29.8 Å². The van der Waals surface area contributed by atoms with E-state index in [4.69, 9.17) is 0 Å². The number of benzene rings is 1. The van der Waals surface area contributed by atoms with Crippen LogP contribution in [0.3, 0.4) is 0 Å². The van der Waals surface area contributed by atoms with Crippen LogP contribution in [0.1, 0.15) is 24.9 Å². The van der Waals surface area contributed by atoms with E-state index in [1.54, 1.807) is 18.2 Å². The minimum Gasteiger partial charge on any atom is -0.313 e. The van der Waals surface area contributed by atoms with E-state index >= 15 is 0 Å². The van der Waals surface area contributed by atoms with Gasteiger partial charge in [-0.1, -0.05) is 19.1 Å². The van der Waals surface area contributed by atoms with Crippen molar-refractivity contribution in [3.63, 3.8) is 0 Å². The summed E-state index contributed by atoms with van der Waals surface area (Å²) in [7, 11) is -1.23. The molecule has 84 valence electrons. The van der Waals surface area contributed by atoms with Crippen LogP contribution in [0.4, 0.5) is 0 Å². The summed E-state index contributed by atoms with van der Waals surface area (Å²) >= 11 is 0. The van der Waals surface area contributed by atoms with Crippen LogP contribution in [0.2, 0.25) is 0 Å². The summed E-state index contributed by atoms with van der Waals surface area (Å²) in [6, 6.07) is 7.30. The summed E-state index contributed by atoms with van der Waals surface area (Å²) in [6.07, 6.45) is 2.16. The molecule has 0 aliphatic carbocycles. The van der Waals surface area contributed by atoms with Gasteiger partial charge < -0.3 is 5.32 Å². The maximum absolute atomic E-state index is 11.4. The molecule has 0 heterocycles.